The summed E-state index contributed by atoms with van der Waals surface area (Å²) in [4.78, 5) is 18.1. The molecule has 9 nitrogen and oxygen atoms in total. The second kappa shape index (κ2) is 9.30. The number of aryl methyl sites for hydroxylation is 1. The molecule has 0 radical (unpaired) electrons. The van der Waals surface area contributed by atoms with Gasteiger partial charge in [0.25, 0.3) is 5.91 Å². The zero-order valence-electron chi connectivity index (χ0n) is 19.7. The Kier molecular flexibility index (Phi) is 6.13. The van der Waals surface area contributed by atoms with E-state index in [2.05, 4.69) is 20.5 Å². The van der Waals surface area contributed by atoms with Crippen molar-refractivity contribution in [3.63, 3.8) is 0 Å². The average Bonchev–Trinajstić information content (AvgIpc) is 3.49. The number of halogens is 4. The molecule has 0 saturated heterocycles. The van der Waals surface area contributed by atoms with Crippen molar-refractivity contribution in [1.82, 2.24) is 25.1 Å². The van der Waals surface area contributed by atoms with Gasteiger partial charge in [-0.3, -0.25) is 4.79 Å². The molecule has 3 heterocycles. The molecule has 0 bridgehead atoms. The Morgan fingerprint density at radius 2 is 2.03 bits per heavy atom. The van der Waals surface area contributed by atoms with Crippen LogP contribution < -0.4 is 9.64 Å². The molecule has 5 rings (SSSR count). The Hall–Kier alpha value is -4.29. The van der Waals surface area contributed by atoms with Crippen LogP contribution in [0.15, 0.2) is 47.1 Å². The molecular formula is C24H20F4N6O3. The maximum Gasteiger partial charge on any atom is 0.406 e. The second-order valence-corrected chi connectivity index (χ2v) is 8.47. The van der Waals surface area contributed by atoms with E-state index in [0.717, 1.165) is 6.07 Å². The highest BCUT2D eigenvalue weighted by Gasteiger charge is 2.40. The van der Waals surface area contributed by atoms with E-state index in [0.29, 0.717) is 39.2 Å². The highest BCUT2D eigenvalue weighted by atomic mass is 19.4. The first-order valence-corrected chi connectivity index (χ1v) is 11.2. The van der Waals surface area contributed by atoms with Crippen LogP contribution in [0, 0.1) is 12.7 Å². The van der Waals surface area contributed by atoms with Gasteiger partial charge in [0.2, 0.25) is 11.7 Å². The van der Waals surface area contributed by atoms with Gasteiger partial charge in [-0.1, -0.05) is 22.5 Å². The van der Waals surface area contributed by atoms with E-state index in [1.807, 2.05) is 0 Å². The zero-order chi connectivity index (χ0) is 26.3. The number of amides is 1. The summed E-state index contributed by atoms with van der Waals surface area (Å²) in [6.07, 6.45) is -3.15. The highest BCUT2D eigenvalue weighted by Crippen LogP contribution is 2.36. The van der Waals surface area contributed by atoms with Crippen LogP contribution in [0.25, 0.3) is 22.6 Å². The molecule has 37 heavy (non-hydrogen) atoms. The minimum atomic E-state index is -4.69. The lowest BCUT2D eigenvalue weighted by atomic mass is 10.1. The highest BCUT2D eigenvalue weighted by molar-refractivity contribution is 5.97. The minimum Gasteiger partial charge on any atom is -0.496 e. The van der Waals surface area contributed by atoms with Crippen molar-refractivity contribution in [3.05, 3.63) is 59.9 Å². The van der Waals surface area contributed by atoms with E-state index in [4.69, 9.17) is 9.26 Å². The summed E-state index contributed by atoms with van der Waals surface area (Å²) in [5.74, 6) is -0.346. The topological polar surface area (TPSA) is 99.2 Å². The van der Waals surface area contributed by atoms with Crippen molar-refractivity contribution in [3.8, 4) is 28.4 Å². The first-order chi connectivity index (χ1) is 17.6. The number of carbonyl (C=O) groups is 1. The molecule has 1 unspecified atom stereocenters. The molecule has 0 N–H and O–H groups in total. The van der Waals surface area contributed by atoms with E-state index < -0.39 is 30.5 Å². The van der Waals surface area contributed by atoms with Gasteiger partial charge in [-0.05, 0) is 37.1 Å². The van der Waals surface area contributed by atoms with Crippen molar-refractivity contribution >= 4 is 11.6 Å². The second-order valence-electron chi connectivity index (χ2n) is 8.47. The van der Waals surface area contributed by atoms with Gasteiger partial charge in [-0.15, -0.1) is 5.10 Å². The monoisotopic (exact) mass is 516 g/mol. The van der Waals surface area contributed by atoms with Gasteiger partial charge in [-0.2, -0.15) is 18.2 Å². The quantitative estimate of drug-likeness (QED) is 0.359. The molecule has 0 aliphatic carbocycles. The molecule has 13 heteroatoms. The fourth-order valence-corrected chi connectivity index (χ4v) is 4.35. The van der Waals surface area contributed by atoms with Crippen molar-refractivity contribution < 1.29 is 31.6 Å². The Morgan fingerprint density at radius 3 is 2.73 bits per heavy atom. The van der Waals surface area contributed by atoms with Crippen LogP contribution in [-0.4, -0.2) is 50.9 Å². The number of hydrogen-bond donors (Lipinski definition) is 0. The Balaban J connectivity index is 1.49. The maximum atomic E-state index is 14.5. The number of benzene rings is 2. The number of nitrogens with zero attached hydrogens (tertiary/aromatic N) is 6. The van der Waals surface area contributed by atoms with Gasteiger partial charge < -0.3 is 14.2 Å². The van der Waals surface area contributed by atoms with Crippen LogP contribution in [0.1, 0.15) is 23.9 Å². The van der Waals surface area contributed by atoms with E-state index in [1.54, 1.807) is 25.1 Å². The van der Waals surface area contributed by atoms with Crippen molar-refractivity contribution in [2.24, 2.45) is 0 Å². The van der Waals surface area contributed by atoms with Gasteiger partial charge in [0.05, 0.1) is 19.0 Å². The SMILES string of the molecule is COc1cc(-c2noc(C)n2)ccc1-c1cn(C2CCc3c(F)cccc3N(CC(F)(F)F)C2=O)nn1. The molecule has 1 amide bonds. The summed E-state index contributed by atoms with van der Waals surface area (Å²) < 4.78 is 66.4. The first-order valence-electron chi connectivity index (χ1n) is 11.2. The predicted octanol–water partition coefficient (Wildman–Crippen LogP) is 4.53. The Labute approximate surface area is 207 Å². The first kappa shape index (κ1) is 24.4. The molecule has 4 aromatic rings. The number of rotatable bonds is 5. The van der Waals surface area contributed by atoms with E-state index in [1.165, 1.54) is 30.1 Å². The molecule has 0 saturated carbocycles. The van der Waals surface area contributed by atoms with Crippen LogP contribution in [0.5, 0.6) is 5.75 Å². The largest absolute Gasteiger partial charge is 0.496 e. The summed E-state index contributed by atoms with van der Waals surface area (Å²) >= 11 is 0. The van der Waals surface area contributed by atoms with Gasteiger partial charge in [0.1, 0.15) is 29.8 Å². The number of hydrogen-bond acceptors (Lipinski definition) is 7. The molecule has 0 fully saturated rings. The van der Waals surface area contributed by atoms with E-state index in [-0.39, 0.29) is 24.1 Å². The van der Waals surface area contributed by atoms with Gasteiger partial charge in [0.15, 0.2) is 0 Å². The van der Waals surface area contributed by atoms with Gasteiger partial charge in [-0.25, -0.2) is 9.07 Å². The van der Waals surface area contributed by atoms with Crippen LogP contribution in [0.4, 0.5) is 23.2 Å². The third-order valence-corrected chi connectivity index (χ3v) is 6.03. The molecule has 1 atom stereocenters. The van der Waals surface area contributed by atoms with Crippen LogP contribution in [0.2, 0.25) is 0 Å². The molecule has 0 spiro atoms. The van der Waals surface area contributed by atoms with Gasteiger partial charge >= 0.3 is 6.18 Å². The molecule has 1 aliphatic rings. The summed E-state index contributed by atoms with van der Waals surface area (Å²) in [6.45, 7) is 0.114. The third kappa shape index (κ3) is 4.76. The number of aromatic nitrogens is 5. The predicted molar refractivity (Wildman–Crippen MR) is 122 cm³/mol. The zero-order valence-corrected chi connectivity index (χ0v) is 19.7. The lowest BCUT2D eigenvalue weighted by molar-refractivity contribution is -0.134. The summed E-state index contributed by atoms with van der Waals surface area (Å²) in [5.41, 5.74) is 1.44. The van der Waals surface area contributed by atoms with E-state index >= 15 is 0 Å². The average molecular weight is 516 g/mol. The van der Waals surface area contributed by atoms with Crippen LogP contribution in [-0.2, 0) is 11.2 Å². The fraction of sp³-hybridized carbons (Fsp3) is 0.292. The number of carbonyl (C=O) groups excluding carboxylic acids is 1. The summed E-state index contributed by atoms with van der Waals surface area (Å²) in [6, 6.07) is 7.74. The van der Waals surface area contributed by atoms with Crippen molar-refractivity contribution in [2.75, 3.05) is 18.6 Å². The van der Waals surface area contributed by atoms with Gasteiger partial charge in [0, 0.05) is 23.6 Å². The lowest BCUT2D eigenvalue weighted by Crippen LogP contribution is -2.42. The number of fused-ring (bicyclic) bond motifs is 1. The van der Waals surface area contributed by atoms with Crippen molar-refractivity contribution in [1.29, 1.82) is 0 Å². The normalized spacial score (nSPS) is 16.0. The standard InChI is InChI=1S/C24H20F4N6O3/c1-13-29-22(31-37-13)14-6-7-16(21(10-14)36-2)18-11-34(32-30-18)20-9-8-15-17(25)4-3-5-19(15)33(23(20)35)12-24(26,27)28/h3-7,10-11,20H,8-9,12H2,1-2H3. The summed E-state index contributed by atoms with van der Waals surface area (Å²) in [5, 5.41) is 12.0. The third-order valence-electron chi connectivity index (χ3n) is 6.03. The number of anilines is 1. The molecular weight excluding hydrogens is 496 g/mol. The van der Waals surface area contributed by atoms with Crippen molar-refractivity contribution in [2.45, 2.75) is 32.0 Å². The molecule has 2 aromatic heterocycles. The Morgan fingerprint density at radius 1 is 1.22 bits per heavy atom. The number of methoxy groups -OCH3 is 1. The number of alkyl halides is 3. The van der Waals surface area contributed by atoms with E-state index in [9.17, 15) is 22.4 Å². The maximum absolute atomic E-state index is 14.5. The smallest absolute Gasteiger partial charge is 0.406 e. The summed E-state index contributed by atoms with van der Waals surface area (Å²) in [7, 11) is 1.46. The fourth-order valence-electron chi connectivity index (χ4n) is 4.35. The lowest BCUT2D eigenvalue weighted by Gasteiger charge is -2.26. The molecule has 2 aromatic carbocycles. The van der Waals surface area contributed by atoms with Crippen LogP contribution in [0.3, 0.4) is 0 Å². The minimum absolute atomic E-state index is 0.0389. The van der Waals surface area contributed by atoms with Crippen LogP contribution >= 0.6 is 0 Å². The molecule has 192 valence electrons. The number of ether oxygens (including phenoxy) is 1. The Bertz CT molecular complexity index is 1460. The molecule has 1 aliphatic heterocycles.